The Labute approximate surface area is 146 Å². The molecule has 0 saturated heterocycles. The molecule has 1 unspecified atom stereocenters. The van der Waals surface area contributed by atoms with Crippen LogP contribution in [0.5, 0.6) is 23.0 Å². The summed E-state index contributed by atoms with van der Waals surface area (Å²) in [5.74, 6) is 1.94. The number of methoxy groups -OCH3 is 3. The third kappa shape index (κ3) is 3.47. The summed E-state index contributed by atoms with van der Waals surface area (Å²) in [6.45, 7) is 0.354. The van der Waals surface area contributed by atoms with Gasteiger partial charge in [0.1, 0.15) is 12.4 Å². The van der Waals surface area contributed by atoms with E-state index in [0.29, 0.717) is 36.0 Å². The second kappa shape index (κ2) is 7.34. The van der Waals surface area contributed by atoms with Gasteiger partial charge in [-0.15, -0.1) is 0 Å². The van der Waals surface area contributed by atoms with Crippen molar-refractivity contribution in [3.05, 3.63) is 42.0 Å². The van der Waals surface area contributed by atoms with E-state index < -0.39 is 0 Å². The van der Waals surface area contributed by atoms with E-state index in [1.54, 1.807) is 12.1 Å². The van der Waals surface area contributed by atoms with Crippen LogP contribution < -0.4 is 24.3 Å². The number of anilines is 1. The molecular formula is C19H21NO5. The molecule has 2 aromatic rings. The Bertz CT molecular complexity index is 749. The Morgan fingerprint density at radius 1 is 1.08 bits per heavy atom. The van der Waals surface area contributed by atoms with Crippen molar-refractivity contribution in [2.75, 3.05) is 33.3 Å². The third-order valence-electron chi connectivity index (χ3n) is 4.18. The maximum absolute atomic E-state index is 12.6. The van der Waals surface area contributed by atoms with Crippen molar-refractivity contribution in [3.8, 4) is 23.0 Å². The number of ether oxygens (including phenoxy) is 4. The maximum Gasteiger partial charge on any atom is 0.231 e. The molecule has 0 bridgehead atoms. The van der Waals surface area contributed by atoms with Crippen LogP contribution in [0, 0.1) is 5.92 Å². The zero-order chi connectivity index (χ0) is 17.8. The zero-order valence-electron chi connectivity index (χ0n) is 14.5. The summed E-state index contributed by atoms with van der Waals surface area (Å²) in [7, 11) is 4.61. The van der Waals surface area contributed by atoms with Crippen molar-refractivity contribution in [1.82, 2.24) is 0 Å². The molecule has 2 aromatic carbocycles. The number of hydrogen-bond acceptors (Lipinski definition) is 5. The van der Waals surface area contributed by atoms with Crippen molar-refractivity contribution in [2.24, 2.45) is 5.92 Å². The fourth-order valence-corrected chi connectivity index (χ4v) is 2.89. The molecule has 1 atom stereocenters. The van der Waals surface area contributed by atoms with E-state index in [1.807, 2.05) is 24.3 Å². The molecule has 25 heavy (non-hydrogen) atoms. The highest BCUT2D eigenvalue weighted by atomic mass is 16.5. The van der Waals surface area contributed by atoms with Gasteiger partial charge in [0, 0.05) is 17.8 Å². The predicted molar refractivity (Wildman–Crippen MR) is 93.9 cm³/mol. The van der Waals surface area contributed by atoms with Gasteiger partial charge in [-0.2, -0.15) is 0 Å². The van der Waals surface area contributed by atoms with Crippen LogP contribution in [0.15, 0.2) is 36.4 Å². The lowest BCUT2D eigenvalue weighted by Gasteiger charge is -2.24. The summed E-state index contributed by atoms with van der Waals surface area (Å²) in [5.41, 5.74) is 1.62. The highest BCUT2D eigenvalue weighted by molar-refractivity contribution is 5.93. The molecule has 1 amide bonds. The van der Waals surface area contributed by atoms with Crippen molar-refractivity contribution in [1.29, 1.82) is 0 Å². The van der Waals surface area contributed by atoms with Gasteiger partial charge < -0.3 is 24.3 Å². The molecule has 1 heterocycles. The molecule has 0 radical (unpaired) electrons. The van der Waals surface area contributed by atoms with Crippen molar-refractivity contribution in [2.45, 2.75) is 6.42 Å². The van der Waals surface area contributed by atoms with Gasteiger partial charge >= 0.3 is 0 Å². The second-order valence-electron chi connectivity index (χ2n) is 5.72. The van der Waals surface area contributed by atoms with E-state index >= 15 is 0 Å². The van der Waals surface area contributed by atoms with Gasteiger partial charge in [0.15, 0.2) is 11.5 Å². The normalized spacial score (nSPS) is 15.6. The number of para-hydroxylation sites is 1. The number of carbonyl (C=O) groups is 1. The first-order chi connectivity index (χ1) is 12.2. The molecular weight excluding hydrogens is 322 g/mol. The Balaban J connectivity index is 1.77. The van der Waals surface area contributed by atoms with Crippen LogP contribution in [0.1, 0.15) is 5.56 Å². The molecule has 0 aromatic heterocycles. The fraction of sp³-hybridized carbons (Fsp3) is 0.316. The minimum absolute atomic E-state index is 0.108. The first kappa shape index (κ1) is 17.0. The topological polar surface area (TPSA) is 66.0 Å². The summed E-state index contributed by atoms with van der Waals surface area (Å²) < 4.78 is 21.6. The Morgan fingerprint density at radius 2 is 1.76 bits per heavy atom. The van der Waals surface area contributed by atoms with Gasteiger partial charge in [-0.3, -0.25) is 4.79 Å². The molecule has 0 spiro atoms. The zero-order valence-corrected chi connectivity index (χ0v) is 14.5. The minimum Gasteiger partial charge on any atom is -0.493 e. The summed E-state index contributed by atoms with van der Waals surface area (Å²) in [6.07, 6.45) is 0.645. The lowest BCUT2D eigenvalue weighted by atomic mass is 9.96. The third-order valence-corrected chi connectivity index (χ3v) is 4.18. The highest BCUT2D eigenvalue weighted by Gasteiger charge is 2.26. The molecule has 6 nitrogen and oxygen atoms in total. The predicted octanol–water partition coefficient (Wildman–Crippen LogP) is 2.90. The second-order valence-corrected chi connectivity index (χ2v) is 5.72. The number of benzene rings is 2. The quantitative estimate of drug-likeness (QED) is 0.904. The average molecular weight is 343 g/mol. The monoisotopic (exact) mass is 343 g/mol. The molecule has 6 heteroatoms. The first-order valence-corrected chi connectivity index (χ1v) is 7.97. The Hall–Kier alpha value is -2.89. The van der Waals surface area contributed by atoms with Crippen LogP contribution >= 0.6 is 0 Å². The smallest absolute Gasteiger partial charge is 0.231 e. The van der Waals surface area contributed by atoms with Crippen LogP contribution in [0.25, 0.3) is 0 Å². The summed E-state index contributed by atoms with van der Waals surface area (Å²) in [5, 5.41) is 2.91. The standard InChI is InChI=1S/C19H21NO5/c1-22-16-9-14(10-17(23-2)18(16)24-3)20-19(21)13-8-12-6-4-5-7-15(12)25-11-13/h4-7,9-10,13H,8,11H2,1-3H3,(H,20,21). The Kier molecular flexibility index (Phi) is 4.97. The fourth-order valence-electron chi connectivity index (χ4n) is 2.89. The van der Waals surface area contributed by atoms with E-state index in [1.165, 1.54) is 21.3 Å². The van der Waals surface area contributed by atoms with Gasteiger partial charge in [0.25, 0.3) is 0 Å². The largest absolute Gasteiger partial charge is 0.493 e. The number of amides is 1. The number of nitrogens with one attached hydrogen (secondary N) is 1. The lowest BCUT2D eigenvalue weighted by molar-refractivity contribution is -0.121. The van der Waals surface area contributed by atoms with Crippen molar-refractivity contribution < 1.29 is 23.7 Å². The van der Waals surface area contributed by atoms with Gasteiger partial charge in [0.2, 0.25) is 11.7 Å². The highest BCUT2D eigenvalue weighted by Crippen LogP contribution is 2.40. The number of carbonyl (C=O) groups excluding carboxylic acids is 1. The molecule has 0 aliphatic carbocycles. The number of rotatable bonds is 5. The number of fused-ring (bicyclic) bond motifs is 1. The molecule has 0 fully saturated rings. The molecule has 0 saturated carbocycles. The summed E-state index contributed by atoms with van der Waals surface area (Å²) >= 11 is 0. The van der Waals surface area contributed by atoms with Crippen LogP contribution in [0.2, 0.25) is 0 Å². The van der Waals surface area contributed by atoms with Gasteiger partial charge in [-0.05, 0) is 18.1 Å². The average Bonchev–Trinajstić information content (AvgIpc) is 2.66. The lowest BCUT2D eigenvalue weighted by Crippen LogP contribution is -2.32. The number of hydrogen-bond donors (Lipinski definition) is 1. The van der Waals surface area contributed by atoms with Gasteiger partial charge in [-0.1, -0.05) is 18.2 Å². The van der Waals surface area contributed by atoms with Crippen LogP contribution in [-0.4, -0.2) is 33.8 Å². The summed E-state index contributed by atoms with van der Waals surface area (Å²) in [4.78, 5) is 12.6. The van der Waals surface area contributed by atoms with Gasteiger partial charge in [0.05, 0.1) is 27.2 Å². The van der Waals surface area contributed by atoms with E-state index in [-0.39, 0.29) is 11.8 Å². The SMILES string of the molecule is COc1cc(NC(=O)C2COc3ccccc3C2)cc(OC)c1OC. The minimum atomic E-state index is -0.256. The molecule has 1 N–H and O–H groups in total. The van der Waals surface area contributed by atoms with E-state index in [9.17, 15) is 4.79 Å². The van der Waals surface area contributed by atoms with E-state index in [0.717, 1.165) is 11.3 Å². The maximum atomic E-state index is 12.6. The van der Waals surface area contributed by atoms with E-state index in [2.05, 4.69) is 5.32 Å². The summed E-state index contributed by atoms with van der Waals surface area (Å²) in [6, 6.07) is 11.2. The van der Waals surface area contributed by atoms with Crippen molar-refractivity contribution >= 4 is 11.6 Å². The van der Waals surface area contributed by atoms with E-state index in [4.69, 9.17) is 18.9 Å². The molecule has 1 aliphatic heterocycles. The van der Waals surface area contributed by atoms with Crippen LogP contribution in [-0.2, 0) is 11.2 Å². The van der Waals surface area contributed by atoms with Gasteiger partial charge in [-0.25, -0.2) is 0 Å². The molecule has 132 valence electrons. The molecule has 3 rings (SSSR count). The van der Waals surface area contributed by atoms with Crippen LogP contribution in [0.3, 0.4) is 0 Å². The first-order valence-electron chi connectivity index (χ1n) is 7.97. The molecule has 1 aliphatic rings. The van der Waals surface area contributed by atoms with Crippen LogP contribution in [0.4, 0.5) is 5.69 Å². The van der Waals surface area contributed by atoms with Crippen molar-refractivity contribution in [3.63, 3.8) is 0 Å². The Morgan fingerprint density at radius 3 is 2.40 bits per heavy atom.